The molecule has 2 heteroatoms. The van der Waals surface area contributed by atoms with Crippen LogP contribution >= 0.6 is 0 Å². The van der Waals surface area contributed by atoms with E-state index in [0.717, 1.165) is 13.5 Å². The fourth-order valence-electron chi connectivity index (χ4n) is 0.817. The van der Waals surface area contributed by atoms with Crippen molar-refractivity contribution in [2.24, 2.45) is 5.73 Å². The van der Waals surface area contributed by atoms with E-state index in [9.17, 15) is 0 Å². The van der Waals surface area contributed by atoms with Crippen LogP contribution in [-0.2, 0) is 0 Å². The summed E-state index contributed by atoms with van der Waals surface area (Å²) in [6.45, 7) is 4.00. The predicted molar refractivity (Wildman–Crippen MR) is 50.5 cm³/mol. The SMILES string of the molecule is CC.CO.NC1CC=CCC1. The number of hydrogen-bond acceptors (Lipinski definition) is 2. The van der Waals surface area contributed by atoms with Crippen LogP contribution in [0.25, 0.3) is 0 Å². The molecule has 0 aromatic rings. The van der Waals surface area contributed by atoms with E-state index in [1.165, 1.54) is 12.8 Å². The van der Waals surface area contributed by atoms with Gasteiger partial charge in [-0.2, -0.15) is 0 Å². The van der Waals surface area contributed by atoms with Gasteiger partial charge in [-0.1, -0.05) is 26.0 Å². The number of hydrogen-bond donors (Lipinski definition) is 2. The van der Waals surface area contributed by atoms with Gasteiger partial charge in [0.2, 0.25) is 0 Å². The smallest absolute Gasteiger partial charge is 0.0319 e. The first-order valence-electron chi connectivity index (χ1n) is 4.25. The molecule has 1 aliphatic carbocycles. The lowest BCUT2D eigenvalue weighted by Crippen LogP contribution is -2.19. The average Bonchev–Trinajstić information content (AvgIpc) is 2.13. The van der Waals surface area contributed by atoms with Gasteiger partial charge in [-0.25, -0.2) is 0 Å². The van der Waals surface area contributed by atoms with E-state index in [1.807, 2.05) is 13.8 Å². The molecular weight excluding hydrogens is 138 g/mol. The molecule has 0 aliphatic heterocycles. The summed E-state index contributed by atoms with van der Waals surface area (Å²) >= 11 is 0. The quantitative estimate of drug-likeness (QED) is 0.528. The summed E-state index contributed by atoms with van der Waals surface area (Å²) in [6.07, 6.45) is 7.80. The minimum Gasteiger partial charge on any atom is -0.400 e. The molecule has 68 valence electrons. The molecule has 0 radical (unpaired) electrons. The molecule has 0 fully saturated rings. The molecule has 0 saturated heterocycles. The normalized spacial score (nSPS) is 20.6. The summed E-state index contributed by atoms with van der Waals surface area (Å²) in [5.41, 5.74) is 5.58. The van der Waals surface area contributed by atoms with Crippen LogP contribution in [0.15, 0.2) is 12.2 Å². The maximum atomic E-state index is 7.00. The highest BCUT2D eigenvalue weighted by Crippen LogP contribution is 2.06. The largest absolute Gasteiger partial charge is 0.400 e. The van der Waals surface area contributed by atoms with E-state index in [4.69, 9.17) is 10.8 Å². The van der Waals surface area contributed by atoms with Gasteiger partial charge in [-0.15, -0.1) is 0 Å². The first-order valence-corrected chi connectivity index (χ1v) is 4.25. The number of allylic oxidation sites excluding steroid dienone is 1. The van der Waals surface area contributed by atoms with Crippen LogP contribution in [0.3, 0.4) is 0 Å². The van der Waals surface area contributed by atoms with Crippen molar-refractivity contribution < 1.29 is 5.11 Å². The molecule has 0 aromatic heterocycles. The molecule has 0 bridgehead atoms. The van der Waals surface area contributed by atoms with Crippen LogP contribution in [0.4, 0.5) is 0 Å². The van der Waals surface area contributed by atoms with Gasteiger partial charge in [0.15, 0.2) is 0 Å². The predicted octanol–water partition coefficient (Wildman–Crippen LogP) is 1.69. The summed E-state index contributed by atoms with van der Waals surface area (Å²) in [7, 11) is 1.00. The zero-order valence-corrected chi connectivity index (χ0v) is 7.88. The van der Waals surface area contributed by atoms with E-state index in [2.05, 4.69) is 12.2 Å². The van der Waals surface area contributed by atoms with Crippen molar-refractivity contribution in [3.05, 3.63) is 12.2 Å². The van der Waals surface area contributed by atoms with E-state index in [1.54, 1.807) is 0 Å². The topological polar surface area (TPSA) is 46.2 Å². The Hall–Kier alpha value is -0.340. The summed E-state index contributed by atoms with van der Waals surface area (Å²) < 4.78 is 0. The summed E-state index contributed by atoms with van der Waals surface area (Å²) in [6, 6.07) is 0.449. The van der Waals surface area contributed by atoms with Crippen molar-refractivity contribution in [2.45, 2.75) is 39.2 Å². The third kappa shape index (κ3) is 9.66. The second kappa shape index (κ2) is 12.3. The highest BCUT2D eigenvalue weighted by Gasteiger charge is 2.00. The van der Waals surface area contributed by atoms with Crippen molar-refractivity contribution in [3.63, 3.8) is 0 Å². The van der Waals surface area contributed by atoms with Gasteiger partial charge in [0.1, 0.15) is 0 Å². The molecular formula is C9H21NO. The monoisotopic (exact) mass is 159 g/mol. The Morgan fingerprint density at radius 3 is 2.00 bits per heavy atom. The molecule has 0 spiro atoms. The molecule has 1 atom stereocenters. The molecule has 1 rings (SSSR count). The molecule has 0 saturated carbocycles. The van der Waals surface area contributed by atoms with Gasteiger partial charge >= 0.3 is 0 Å². The fraction of sp³-hybridized carbons (Fsp3) is 0.778. The Balaban J connectivity index is 0. The van der Waals surface area contributed by atoms with E-state index >= 15 is 0 Å². The molecule has 0 amide bonds. The molecule has 1 unspecified atom stereocenters. The zero-order chi connectivity index (χ0) is 9.11. The lowest BCUT2D eigenvalue weighted by molar-refractivity contribution is 0.399. The van der Waals surface area contributed by atoms with Gasteiger partial charge in [0, 0.05) is 13.2 Å². The molecule has 0 aromatic carbocycles. The maximum absolute atomic E-state index is 7.00. The third-order valence-corrected chi connectivity index (χ3v) is 1.31. The first kappa shape index (κ1) is 13.3. The van der Waals surface area contributed by atoms with Crippen molar-refractivity contribution in [1.29, 1.82) is 0 Å². The molecule has 1 aliphatic rings. The van der Waals surface area contributed by atoms with Gasteiger partial charge in [-0.3, -0.25) is 0 Å². The van der Waals surface area contributed by atoms with Gasteiger partial charge in [0.05, 0.1) is 0 Å². The van der Waals surface area contributed by atoms with Crippen molar-refractivity contribution >= 4 is 0 Å². The van der Waals surface area contributed by atoms with Crippen LogP contribution < -0.4 is 5.73 Å². The van der Waals surface area contributed by atoms with E-state index in [-0.39, 0.29) is 0 Å². The Kier molecular flexibility index (Phi) is 14.9. The number of aliphatic hydroxyl groups excluding tert-OH is 1. The molecule has 0 heterocycles. The van der Waals surface area contributed by atoms with Crippen molar-refractivity contribution in [3.8, 4) is 0 Å². The Morgan fingerprint density at radius 2 is 1.82 bits per heavy atom. The number of aliphatic hydroxyl groups is 1. The summed E-state index contributed by atoms with van der Waals surface area (Å²) in [5.74, 6) is 0. The summed E-state index contributed by atoms with van der Waals surface area (Å²) in [5, 5.41) is 7.00. The Morgan fingerprint density at radius 1 is 1.27 bits per heavy atom. The lowest BCUT2D eigenvalue weighted by Gasteiger charge is -2.09. The maximum Gasteiger partial charge on any atom is 0.0319 e. The van der Waals surface area contributed by atoms with Crippen molar-refractivity contribution in [2.75, 3.05) is 7.11 Å². The Bertz CT molecular complexity index is 81.6. The fourth-order valence-corrected chi connectivity index (χ4v) is 0.817. The number of nitrogens with two attached hydrogens (primary N) is 1. The highest BCUT2D eigenvalue weighted by molar-refractivity contribution is 4.91. The summed E-state index contributed by atoms with van der Waals surface area (Å²) in [4.78, 5) is 0. The second-order valence-electron chi connectivity index (χ2n) is 2.04. The van der Waals surface area contributed by atoms with Crippen LogP contribution in [-0.4, -0.2) is 18.3 Å². The number of rotatable bonds is 0. The van der Waals surface area contributed by atoms with Gasteiger partial charge in [0.25, 0.3) is 0 Å². The van der Waals surface area contributed by atoms with Crippen LogP contribution in [0.1, 0.15) is 33.1 Å². The highest BCUT2D eigenvalue weighted by atomic mass is 16.2. The van der Waals surface area contributed by atoms with Crippen molar-refractivity contribution in [1.82, 2.24) is 0 Å². The minimum absolute atomic E-state index is 0.449. The van der Waals surface area contributed by atoms with E-state index < -0.39 is 0 Å². The minimum atomic E-state index is 0.449. The zero-order valence-electron chi connectivity index (χ0n) is 7.88. The average molecular weight is 159 g/mol. The molecule has 3 N–H and O–H groups in total. The standard InChI is InChI=1S/C6H11N.C2H6.CH4O/c7-6-4-2-1-3-5-6;2*1-2/h1-2,6H,3-5,7H2;1-2H3;2H,1H3. The Labute approximate surface area is 70.1 Å². The third-order valence-electron chi connectivity index (χ3n) is 1.31. The molecule has 2 nitrogen and oxygen atoms in total. The second-order valence-corrected chi connectivity index (χ2v) is 2.04. The van der Waals surface area contributed by atoms with Crippen LogP contribution in [0, 0.1) is 0 Å². The van der Waals surface area contributed by atoms with Gasteiger partial charge < -0.3 is 10.8 Å². The van der Waals surface area contributed by atoms with E-state index in [0.29, 0.717) is 6.04 Å². The first-order chi connectivity index (χ1) is 5.39. The van der Waals surface area contributed by atoms with Crippen LogP contribution in [0.2, 0.25) is 0 Å². The van der Waals surface area contributed by atoms with Gasteiger partial charge in [-0.05, 0) is 19.3 Å². The molecule has 11 heavy (non-hydrogen) atoms. The lowest BCUT2D eigenvalue weighted by atomic mass is 10.0. The van der Waals surface area contributed by atoms with Crippen LogP contribution in [0.5, 0.6) is 0 Å².